The van der Waals surface area contributed by atoms with Crippen LogP contribution in [0.15, 0.2) is 36.4 Å². The van der Waals surface area contributed by atoms with E-state index in [1.165, 1.54) is 29.0 Å². The van der Waals surface area contributed by atoms with Crippen molar-refractivity contribution in [3.05, 3.63) is 42.0 Å². The Morgan fingerprint density at radius 1 is 1.13 bits per heavy atom. The SMILES string of the molecule is CC.COc1ccc(NC(=O)N(c2ccccc2C(C)C)C2CCN(CC(F)(F)F)CC2)c(OC(F)F)n1. The zero-order valence-electron chi connectivity index (χ0n) is 22.2. The smallest absolute Gasteiger partial charge is 0.401 e. The maximum absolute atomic E-state index is 13.6. The third-order valence-electron chi connectivity index (χ3n) is 5.85. The Hall–Kier alpha value is -3.15. The third kappa shape index (κ3) is 8.71. The Morgan fingerprint density at radius 3 is 2.32 bits per heavy atom. The van der Waals surface area contributed by atoms with E-state index >= 15 is 0 Å². The number of hydrogen-bond acceptors (Lipinski definition) is 5. The summed E-state index contributed by atoms with van der Waals surface area (Å²) >= 11 is 0. The second kappa shape index (κ2) is 14.1. The maximum Gasteiger partial charge on any atom is 0.401 e. The summed E-state index contributed by atoms with van der Waals surface area (Å²) in [6, 6.07) is 8.90. The molecule has 0 unspecified atom stereocenters. The van der Waals surface area contributed by atoms with Crippen LogP contribution in [0.1, 0.15) is 52.0 Å². The highest BCUT2D eigenvalue weighted by atomic mass is 19.4. The molecule has 2 aromatic rings. The number of halogens is 5. The molecule has 0 bridgehead atoms. The summed E-state index contributed by atoms with van der Waals surface area (Å²) in [5.41, 5.74) is 1.36. The molecule has 1 fully saturated rings. The van der Waals surface area contributed by atoms with Crippen molar-refractivity contribution >= 4 is 17.4 Å². The van der Waals surface area contributed by atoms with E-state index < -0.39 is 37.3 Å². The number of pyridine rings is 1. The number of alkyl halides is 5. The van der Waals surface area contributed by atoms with Crippen LogP contribution in [-0.2, 0) is 0 Å². The molecule has 3 rings (SSSR count). The monoisotopic (exact) mass is 546 g/mol. The van der Waals surface area contributed by atoms with Crippen LogP contribution < -0.4 is 19.7 Å². The first kappa shape index (κ1) is 31.1. The van der Waals surface area contributed by atoms with Crippen LogP contribution in [0, 0.1) is 0 Å². The molecule has 38 heavy (non-hydrogen) atoms. The number of methoxy groups -OCH3 is 1. The minimum Gasteiger partial charge on any atom is -0.481 e. The highest BCUT2D eigenvalue weighted by Gasteiger charge is 2.36. The topological polar surface area (TPSA) is 66.9 Å². The van der Waals surface area contributed by atoms with Gasteiger partial charge in [-0.1, -0.05) is 45.9 Å². The summed E-state index contributed by atoms with van der Waals surface area (Å²) in [6.07, 6.45) is -3.70. The standard InChI is InChI=1S/C24H29F5N4O3.C2H6/c1-15(2)17-6-4-5-7-19(17)33(16-10-12-32(13-11-16)14-24(27,28)29)23(34)30-18-8-9-20(35-3)31-21(18)36-22(25)26;1-2/h4-9,15-16,22H,10-14H2,1-3H3,(H,30,34);1-2H3. The van der Waals surface area contributed by atoms with Crippen molar-refractivity contribution in [1.82, 2.24) is 9.88 Å². The van der Waals surface area contributed by atoms with Crippen LogP contribution in [0.2, 0.25) is 0 Å². The van der Waals surface area contributed by atoms with Crippen LogP contribution in [-0.4, -0.2) is 61.5 Å². The van der Waals surface area contributed by atoms with Crippen LogP contribution in [0.5, 0.6) is 11.8 Å². The summed E-state index contributed by atoms with van der Waals surface area (Å²) in [5, 5.41) is 2.60. The number of ether oxygens (including phenoxy) is 2. The zero-order chi connectivity index (χ0) is 28.5. The van der Waals surface area contributed by atoms with Crippen molar-refractivity contribution in [3.8, 4) is 11.8 Å². The number of piperidine rings is 1. The van der Waals surface area contributed by atoms with Gasteiger partial charge in [0, 0.05) is 30.9 Å². The normalized spacial score (nSPS) is 14.6. The second-order valence-corrected chi connectivity index (χ2v) is 8.72. The lowest BCUT2D eigenvalue weighted by molar-refractivity contribution is -0.147. The summed E-state index contributed by atoms with van der Waals surface area (Å²) in [5.74, 6) is -0.459. The van der Waals surface area contributed by atoms with Crippen LogP contribution in [0.4, 0.5) is 38.1 Å². The van der Waals surface area contributed by atoms with Crippen molar-refractivity contribution in [3.63, 3.8) is 0 Å². The van der Waals surface area contributed by atoms with Gasteiger partial charge in [0.25, 0.3) is 0 Å². The number of urea groups is 1. The number of hydrogen-bond donors (Lipinski definition) is 1. The Balaban J connectivity index is 0.00000247. The largest absolute Gasteiger partial charge is 0.481 e. The van der Waals surface area contributed by atoms with Gasteiger partial charge in [-0.3, -0.25) is 9.80 Å². The van der Waals surface area contributed by atoms with Crippen LogP contribution in [0.25, 0.3) is 0 Å². The first-order valence-electron chi connectivity index (χ1n) is 12.5. The Bertz CT molecular complexity index is 1030. The van der Waals surface area contributed by atoms with Crippen molar-refractivity contribution < 1.29 is 36.2 Å². The lowest BCUT2D eigenvalue weighted by atomic mass is 9.97. The van der Waals surface area contributed by atoms with Gasteiger partial charge in [-0.25, -0.2) is 4.79 Å². The van der Waals surface area contributed by atoms with Gasteiger partial charge in [0.1, 0.15) is 5.69 Å². The number of carbonyl (C=O) groups excluding carboxylic acids is 1. The van der Waals surface area contributed by atoms with E-state index in [0.717, 1.165) is 5.56 Å². The number of likely N-dealkylation sites (tertiary alicyclic amines) is 1. The zero-order valence-corrected chi connectivity index (χ0v) is 22.2. The van der Waals surface area contributed by atoms with E-state index in [-0.39, 0.29) is 30.6 Å². The minimum absolute atomic E-state index is 0.0164. The van der Waals surface area contributed by atoms with Crippen LogP contribution in [0.3, 0.4) is 0 Å². The van der Waals surface area contributed by atoms with Gasteiger partial charge in [-0.15, -0.1) is 0 Å². The van der Waals surface area contributed by atoms with Gasteiger partial charge in [-0.05, 0) is 36.5 Å². The third-order valence-corrected chi connectivity index (χ3v) is 5.85. The molecular formula is C26H35F5N4O3. The number of aromatic nitrogens is 1. The number of anilines is 2. The van der Waals surface area contributed by atoms with Crippen LogP contribution >= 0.6 is 0 Å². The Kier molecular flexibility index (Phi) is 11.6. The van der Waals surface area contributed by atoms with Gasteiger partial charge in [0.2, 0.25) is 11.8 Å². The van der Waals surface area contributed by atoms with Gasteiger partial charge >= 0.3 is 18.8 Å². The van der Waals surface area contributed by atoms with E-state index in [9.17, 15) is 26.7 Å². The highest BCUT2D eigenvalue weighted by Crippen LogP contribution is 2.34. The molecule has 1 N–H and O–H groups in total. The molecule has 212 valence electrons. The Morgan fingerprint density at radius 2 is 1.76 bits per heavy atom. The summed E-state index contributed by atoms with van der Waals surface area (Å²) in [4.78, 5) is 20.3. The van der Waals surface area contributed by atoms with Gasteiger partial charge < -0.3 is 14.8 Å². The highest BCUT2D eigenvalue weighted by molar-refractivity contribution is 6.03. The molecule has 0 aliphatic carbocycles. The van der Waals surface area contributed by atoms with E-state index in [4.69, 9.17) is 4.74 Å². The molecule has 1 aliphatic heterocycles. The van der Waals surface area contributed by atoms with Crippen molar-refractivity contribution in [2.45, 2.75) is 65.3 Å². The van der Waals surface area contributed by atoms with Gasteiger partial charge in [0.05, 0.1) is 13.7 Å². The molecule has 0 spiro atoms. The fourth-order valence-corrected chi connectivity index (χ4v) is 4.24. The van der Waals surface area contributed by atoms with E-state index in [0.29, 0.717) is 18.5 Å². The molecule has 1 saturated heterocycles. The number of nitrogens with one attached hydrogen (secondary N) is 1. The average molecular weight is 547 g/mol. The fraction of sp³-hybridized carbons (Fsp3) is 0.538. The lowest BCUT2D eigenvalue weighted by Crippen LogP contribution is -2.50. The van der Waals surface area contributed by atoms with Gasteiger partial charge in [-0.2, -0.15) is 26.9 Å². The molecule has 7 nitrogen and oxygen atoms in total. The molecule has 0 radical (unpaired) electrons. The predicted molar refractivity (Wildman–Crippen MR) is 136 cm³/mol. The van der Waals surface area contributed by atoms with Crippen molar-refractivity contribution in [2.75, 3.05) is 37.0 Å². The average Bonchev–Trinajstić information content (AvgIpc) is 2.86. The molecule has 2 amide bonds. The molecular weight excluding hydrogens is 511 g/mol. The summed E-state index contributed by atoms with van der Waals surface area (Å²) in [6.45, 7) is 4.03. The predicted octanol–water partition coefficient (Wildman–Crippen LogP) is 6.91. The Labute approximate surface area is 219 Å². The molecule has 1 aromatic heterocycles. The molecule has 0 saturated carbocycles. The number of carbonyl (C=O) groups is 1. The summed E-state index contributed by atoms with van der Waals surface area (Å²) in [7, 11) is 1.31. The molecule has 1 aromatic carbocycles. The minimum atomic E-state index is -4.31. The van der Waals surface area contributed by atoms with Crippen molar-refractivity contribution in [1.29, 1.82) is 0 Å². The van der Waals surface area contributed by atoms with E-state index in [1.807, 2.05) is 39.8 Å². The van der Waals surface area contributed by atoms with E-state index in [2.05, 4.69) is 15.0 Å². The molecule has 1 aliphatic rings. The van der Waals surface area contributed by atoms with Crippen molar-refractivity contribution in [2.24, 2.45) is 0 Å². The first-order valence-corrected chi connectivity index (χ1v) is 12.5. The number of rotatable bonds is 8. The molecule has 12 heteroatoms. The summed E-state index contributed by atoms with van der Waals surface area (Å²) < 4.78 is 73.9. The van der Waals surface area contributed by atoms with E-state index in [1.54, 1.807) is 12.1 Å². The number of nitrogens with zero attached hydrogens (tertiary/aromatic N) is 3. The lowest BCUT2D eigenvalue weighted by Gasteiger charge is -2.39. The first-order chi connectivity index (χ1) is 18.0. The maximum atomic E-state index is 13.6. The van der Waals surface area contributed by atoms with Gasteiger partial charge in [0.15, 0.2) is 0 Å². The number of para-hydroxylation sites is 1. The second-order valence-electron chi connectivity index (χ2n) is 8.72. The molecule has 0 atom stereocenters. The number of amides is 2. The number of benzene rings is 1. The molecule has 2 heterocycles. The fourth-order valence-electron chi connectivity index (χ4n) is 4.24. The quantitative estimate of drug-likeness (QED) is 0.365.